The first kappa shape index (κ1) is 23.5. The molecule has 180 valence electrons. The smallest absolute Gasteiger partial charge is 0.305 e. The summed E-state index contributed by atoms with van der Waals surface area (Å²) < 4.78 is 4.76. The van der Waals surface area contributed by atoms with Crippen molar-refractivity contribution >= 4 is 33.6 Å². The second kappa shape index (κ2) is 9.78. The number of aryl methyl sites for hydroxylation is 3. The number of nitrogens with zero attached hydrogens (tertiary/aromatic N) is 1. The Kier molecular flexibility index (Phi) is 6.38. The number of nitrogens with one attached hydrogen (secondary N) is 1. The highest BCUT2D eigenvalue weighted by Crippen LogP contribution is 2.31. The van der Waals surface area contributed by atoms with E-state index in [0.29, 0.717) is 18.4 Å². The van der Waals surface area contributed by atoms with Crippen molar-refractivity contribution in [1.29, 1.82) is 0 Å². The van der Waals surface area contributed by atoms with E-state index in [1.807, 2.05) is 54.6 Å². The van der Waals surface area contributed by atoms with E-state index in [9.17, 15) is 9.59 Å². The Morgan fingerprint density at radius 3 is 2.42 bits per heavy atom. The molecule has 0 fully saturated rings. The molecule has 0 saturated carbocycles. The lowest BCUT2D eigenvalue weighted by Crippen LogP contribution is -2.05. The monoisotopic (exact) mass is 476 g/mol. The van der Waals surface area contributed by atoms with Crippen LogP contribution in [0.4, 0.5) is 0 Å². The number of methoxy groups -OCH3 is 1. The zero-order valence-corrected chi connectivity index (χ0v) is 20.7. The molecule has 0 spiro atoms. The molecule has 0 saturated heterocycles. The van der Waals surface area contributed by atoms with Gasteiger partial charge in [-0.05, 0) is 61.2 Å². The summed E-state index contributed by atoms with van der Waals surface area (Å²) in [6.07, 6.45) is 1.28. The number of rotatable bonds is 7. The highest BCUT2D eigenvalue weighted by Gasteiger charge is 2.14. The number of carbonyl (C=O) groups excluding carboxylic acids is 2. The number of ether oxygens (including phenoxy) is 1. The van der Waals surface area contributed by atoms with Gasteiger partial charge >= 0.3 is 5.97 Å². The van der Waals surface area contributed by atoms with Gasteiger partial charge in [-0.2, -0.15) is 0 Å². The minimum atomic E-state index is -0.202. The van der Waals surface area contributed by atoms with E-state index in [4.69, 9.17) is 4.74 Å². The lowest BCUT2D eigenvalue weighted by molar-refractivity contribution is -0.140. The van der Waals surface area contributed by atoms with E-state index in [-0.39, 0.29) is 18.2 Å². The predicted molar refractivity (Wildman–Crippen MR) is 143 cm³/mol. The van der Waals surface area contributed by atoms with Gasteiger partial charge in [-0.1, -0.05) is 48.5 Å². The van der Waals surface area contributed by atoms with Gasteiger partial charge in [0, 0.05) is 45.2 Å². The summed E-state index contributed by atoms with van der Waals surface area (Å²) in [7, 11) is 1.41. The van der Waals surface area contributed by atoms with Crippen LogP contribution in [0.25, 0.3) is 33.1 Å². The van der Waals surface area contributed by atoms with Crippen LogP contribution < -0.4 is 0 Å². The van der Waals surface area contributed by atoms with E-state index in [2.05, 4.69) is 42.0 Å². The van der Waals surface area contributed by atoms with Crippen molar-refractivity contribution in [3.63, 3.8) is 0 Å². The largest absolute Gasteiger partial charge is 0.469 e. The third kappa shape index (κ3) is 4.78. The predicted octanol–water partition coefficient (Wildman–Crippen LogP) is 6.53. The summed E-state index contributed by atoms with van der Waals surface area (Å²) >= 11 is 0. The summed E-state index contributed by atoms with van der Waals surface area (Å²) in [5.74, 6) is -0.162. The summed E-state index contributed by atoms with van der Waals surface area (Å²) in [6.45, 7) is 4.17. The Balaban J connectivity index is 1.39. The maximum atomic E-state index is 13.1. The molecule has 0 aliphatic heterocycles. The van der Waals surface area contributed by atoms with Crippen LogP contribution in [-0.4, -0.2) is 28.8 Å². The number of pyridine rings is 1. The minimum absolute atomic E-state index is 0.0400. The van der Waals surface area contributed by atoms with Crippen molar-refractivity contribution in [1.82, 2.24) is 9.97 Å². The molecule has 2 heterocycles. The van der Waals surface area contributed by atoms with E-state index in [1.165, 1.54) is 7.11 Å². The number of aromatic nitrogens is 2. The molecule has 5 aromatic rings. The zero-order chi connectivity index (χ0) is 25.2. The molecular weight excluding hydrogens is 448 g/mol. The maximum Gasteiger partial charge on any atom is 0.305 e. The first-order chi connectivity index (χ1) is 17.4. The SMILES string of the molecule is COC(=O)CCc1cc(C)c(-c2cc3ccc(C(=O)Cc4ccc5ccccc5n4)cc3[nH]2)c(C)c1. The molecule has 0 atom stereocenters. The maximum absolute atomic E-state index is 13.1. The molecule has 36 heavy (non-hydrogen) atoms. The first-order valence-corrected chi connectivity index (χ1v) is 12.1. The standard InChI is InChI=1S/C31H28N2O3/c1-19-14-21(8-13-30(35)36-3)15-20(2)31(19)28-16-23-9-10-24(17-27(23)33-28)29(34)18-25-12-11-22-6-4-5-7-26(22)32-25/h4-7,9-12,14-17,33H,8,13,18H2,1-3H3. The van der Waals surface area contributed by atoms with E-state index in [0.717, 1.165) is 55.4 Å². The van der Waals surface area contributed by atoms with Crippen molar-refractivity contribution < 1.29 is 14.3 Å². The third-order valence-corrected chi connectivity index (χ3v) is 6.65. The lowest BCUT2D eigenvalue weighted by Gasteiger charge is -2.11. The molecule has 1 N–H and O–H groups in total. The Morgan fingerprint density at radius 1 is 0.889 bits per heavy atom. The van der Waals surface area contributed by atoms with Crippen LogP contribution in [0.15, 0.2) is 72.8 Å². The first-order valence-electron chi connectivity index (χ1n) is 12.1. The minimum Gasteiger partial charge on any atom is -0.469 e. The van der Waals surface area contributed by atoms with Crippen LogP contribution in [0, 0.1) is 13.8 Å². The van der Waals surface area contributed by atoms with Crippen molar-refractivity contribution in [3.05, 3.63) is 101 Å². The summed E-state index contributed by atoms with van der Waals surface area (Å²) in [5.41, 5.74) is 8.80. The molecule has 0 aliphatic carbocycles. The van der Waals surface area contributed by atoms with Gasteiger partial charge in [0.25, 0.3) is 0 Å². The van der Waals surface area contributed by atoms with E-state index < -0.39 is 0 Å². The van der Waals surface area contributed by atoms with Gasteiger partial charge in [-0.15, -0.1) is 0 Å². The van der Waals surface area contributed by atoms with Crippen molar-refractivity contribution in [3.8, 4) is 11.3 Å². The van der Waals surface area contributed by atoms with Crippen LogP contribution >= 0.6 is 0 Å². The Hall–Kier alpha value is -4.25. The summed E-state index contributed by atoms with van der Waals surface area (Å²) in [6, 6.07) is 24.0. The molecule has 0 amide bonds. The number of fused-ring (bicyclic) bond motifs is 2. The van der Waals surface area contributed by atoms with Crippen molar-refractivity contribution in [2.45, 2.75) is 33.1 Å². The Bertz CT molecular complexity index is 1590. The van der Waals surface area contributed by atoms with Gasteiger partial charge in [0.15, 0.2) is 5.78 Å². The molecule has 0 bridgehead atoms. The zero-order valence-electron chi connectivity index (χ0n) is 20.7. The number of H-pyrrole nitrogens is 1. The van der Waals surface area contributed by atoms with Crippen molar-refractivity contribution in [2.24, 2.45) is 0 Å². The summed E-state index contributed by atoms with van der Waals surface area (Å²) in [4.78, 5) is 32.7. The van der Waals surface area contributed by atoms with Crippen LogP contribution in [0.2, 0.25) is 0 Å². The number of benzene rings is 3. The number of Topliss-reactive ketones (excluding diaryl/α,β-unsaturated/α-hetero) is 1. The second-order valence-corrected chi connectivity index (χ2v) is 9.26. The molecule has 5 rings (SSSR count). The number of para-hydroxylation sites is 1. The second-order valence-electron chi connectivity index (χ2n) is 9.26. The van der Waals surface area contributed by atoms with E-state index in [1.54, 1.807) is 0 Å². The Labute approximate surface area is 210 Å². The molecule has 0 radical (unpaired) electrons. The quantitative estimate of drug-likeness (QED) is 0.214. The number of hydrogen-bond donors (Lipinski definition) is 1. The van der Waals surface area contributed by atoms with Crippen LogP contribution in [0.1, 0.15) is 39.2 Å². The third-order valence-electron chi connectivity index (χ3n) is 6.65. The molecule has 5 nitrogen and oxygen atoms in total. The van der Waals surface area contributed by atoms with Gasteiger partial charge in [0.2, 0.25) is 0 Å². The molecule has 3 aromatic carbocycles. The number of carbonyl (C=O) groups is 2. The fourth-order valence-corrected chi connectivity index (χ4v) is 4.88. The molecule has 0 unspecified atom stereocenters. The number of hydrogen-bond acceptors (Lipinski definition) is 4. The van der Waals surface area contributed by atoms with Gasteiger partial charge in [-0.25, -0.2) is 0 Å². The average Bonchev–Trinajstić information content (AvgIpc) is 3.29. The van der Waals surface area contributed by atoms with Crippen LogP contribution in [0.3, 0.4) is 0 Å². The normalized spacial score (nSPS) is 11.2. The highest BCUT2D eigenvalue weighted by molar-refractivity contribution is 6.01. The van der Waals surface area contributed by atoms with Crippen LogP contribution in [-0.2, 0) is 22.4 Å². The van der Waals surface area contributed by atoms with Crippen molar-refractivity contribution in [2.75, 3.05) is 7.11 Å². The van der Waals surface area contributed by atoms with E-state index >= 15 is 0 Å². The van der Waals surface area contributed by atoms with Gasteiger partial charge < -0.3 is 9.72 Å². The summed E-state index contributed by atoms with van der Waals surface area (Å²) in [5, 5.41) is 2.12. The number of aromatic amines is 1. The molecule has 5 heteroatoms. The van der Waals surface area contributed by atoms with Gasteiger partial charge in [0.1, 0.15) is 0 Å². The molecular formula is C31H28N2O3. The van der Waals surface area contributed by atoms with Gasteiger partial charge in [-0.3, -0.25) is 14.6 Å². The fraction of sp³-hybridized carbons (Fsp3) is 0.194. The molecule has 0 aliphatic rings. The topological polar surface area (TPSA) is 72.1 Å². The Morgan fingerprint density at radius 2 is 1.64 bits per heavy atom. The number of esters is 1. The fourth-order valence-electron chi connectivity index (χ4n) is 4.88. The molecule has 2 aromatic heterocycles. The number of ketones is 1. The van der Waals surface area contributed by atoms with Crippen LogP contribution in [0.5, 0.6) is 0 Å². The average molecular weight is 477 g/mol. The van der Waals surface area contributed by atoms with Gasteiger partial charge in [0.05, 0.1) is 19.0 Å². The highest BCUT2D eigenvalue weighted by atomic mass is 16.5. The lowest BCUT2D eigenvalue weighted by atomic mass is 9.95.